The molecule has 0 atom stereocenters. The molecule has 168 valence electrons. The zero-order valence-corrected chi connectivity index (χ0v) is 18.7. The van der Waals surface area contributed by atoms with Gasteiger partial charge in [0.1, 0.15) is 23.0 Å². The van der Waals surface area contributed by atoms with E-state index in [4.69, 9.17) is 0 Å². The van der Waals surface area contributed by atoms with Gasteiger partial charge in [0.15, 0.2) is 0 Å². The molecule has 1 N–H and O–H groups in total. The minimum Gasteiger partial charge on any atom is -0.507 e. The van der Waals surface area contributed by atoms with Crippen molar-refractivity contribution in [2.75, 3.05) is 4.90 Å². The zero-order chi connectivity index (χ0) is 23.8. The Labute approximate surface area is 196 Å². The summed E-state index contributed by atoms with van der Waals surface area (Å²) in [7, 11) is 1.78. The fraction of sp³-hybridized carbons (Fsp3) is 0.0741. The van der Waals surface area contributed by atoms with Crippen molar-refractivity contribution in [1.82, 2.24) is 9.36 Å². The number of amides is 1. The number of carbonyl (C=O) groups excluding carboxylic acids is 1. The van der Waals surface area contributed by atoms with Crippen molar-refractivity contribution in [2.24, 2.45) is 12.0 Å². The molecule has 1 aliphatic rings. The first-order chi connectivity index (χ1) is 16.5. The van der Waals surface area contributed by atoms with E-state index in [2.05, 4.69) is 4.99 Å². The summed E-state index contributed by atoms with van der Waals surface area (Å²) < 4.78 is 3.26. The number of rotatable bonds is 4. The molecule has 0 fully saturated rings. The highest BCUT2D eigenvalue weighted by Gasteiger charge is 2.37. The first-order valence-electron chi connectivity index (χ1n) is 10.8. The largest absolute Gasteiger partial charge is 0.507 e. The SMILES string of the molecule is Cc1c(N2C(=O)/C(=C\c3ccccc3O)N=C2c2ccccc2)c(=O)n(-c2ccccc2)n1C. The van der Waals surface area contributed by atoms with Gasteiger partial charge in [0.25, 0.3) is 11.5 Å². The molecule has 34 heavy (non-hydrogen) atoms. The summed E-state index contributed by atoms with van der Waals surface area (Å²) in [4.78, 5) is 33.3. The molecule has 0 unspecified atom stereocenters. The average Bonchev–Trinajstić information content (AvgIpc) is 3.28. The van der Waals surface area contributed by atoms with Gasteiger partial charge < -0.3 is 5.11 Å². The number of aromatic hydroxyl groups is 1. The third-order valence-electron chi connectivity index (χ3n) is 5.87. The summed E-state index contributed by atoms with van der Waals surface area (Å²) in [5.41, 5.74) is 2.52. The van der Waals surface area contributed by atoms with E-state index in [9.17, 15) is 14.7 Å². The van der Waals surface area contributed by atoms with Crippen molar-refractivity contribution in [3.63, 3.8) is 0 Å². The van der Waals surface area contributed by atoms with Gasteiger partial charge >= 0.3 is 0 Å². The van der Waals surface area contributed by atoms with Crippen LogP contribution in [0.5, 0.6) is 5.75 Å². The predicted molar refractivity (Wildman–Crippen MR) is 132 cm³/mol. The lowest BCUT2D eigenvalue weighted by molar-refractivity contribution is -0.113. The van der Waals surface area contributed by atoms with Crippen molar-refractivity contribution < 1.29 is 9.90 Å². The van der Waals surface area contributed by atoms with Crippen LogP contribution in [0.3, 0.4) is 0 Å². The molecule has 0 aliphatic carbocycles. The Morgan fingerprint density at radius 1 is 0.853 bits per heavy atom. The summed E-state index contributed by atoms with van der Waals surface area (Å²) in [5, 5.41) is 10.2. The topological polar surface area (TPSA) is 79.8 Å². The van der Waals surface area contributed by atoms with E-state index < -0.39 is 5.91 Å². The summed E-state index contributed by atoms with van der Waals surface area (Å²) in [5.74, 6) is -0.0357. The highest BCUT2D eigenvalue weighted by atomic mass is 16.3. The Morgan fingerprint density at radius 3 is 2.15 bits per heavy atom. The highest BCUT2D eigenvalue weighted by Crippen LogP contribution is 2.30. The lowest BCUT2D eigenvalue weighted by Crippen LogP contribution is -2.36. The number of phenols is 1. The number of carbonyl (C=O) groups is 1. The van der Waals surface area contributed by atoms with Crippen LogP contribution in [-0.2, 0) is 11.8 Å². The van der Waals surface area contributed by atoms with Crippen molar-refractivity contribution in [3.8, 4) is 11.4 Å². The lowest BCUT2D eigenvalue weighted by Gasteiger charge is -2.17. The van der Waals surface area contributed by atoms with Crippen molar-refractivity contribution in [2.45, 2.75) is 6.92 Å². The molecule has 7 nitrogen and oxygen atoms in total. The number of aliphatic imine (C=N–C) groups is 1. The first kappa shape index (κ1) is 21.2. The first-order valence-corrected chi connectivity index (χ1v) is 10.8. The molecule has 5 rings (SSSR count). The van der Waals surface area contributed by atoms with Crippen LogP contribution in [0.1, 0.15) is 16.8 Å². The average molecular weight is 450 g/mol. The maximum Gasteiger partial charge on any atom is 0.296 e. The zero-order valence-electron chi connectivity index (χ0n) is 18.7. The Hall–Kier alpha value is -4.65. The van der Waals surface area contributed by atoms with E-state index in [0.717, 1.165) is 0 Å². The minimum atomic E-state index is -0.437. The second kappa shape index (κ2) is 8.37. The van der Waals surface area contributed by atoms with Gasteiger partial charge in [-0.05, 0) is 31.2 Å². The highest BCUT2D eigenvalue weighted by molar-refractivity contribution is 6.33. The van der Waals surface area contributed by atoms with Crippen LogP contribution >= 0.6 is 0 Å². The number of benzene rings is 3. The molecule has 3 aromatic carbocycles. The Morgan fingerprint density at radius 2 is 1.47 bits per heavy atom. The van der Waals surface area contributed by atoms with Gasteiger partial charge in [-0.3, -0.25) is 19.2 Å². The molecule has 0 spiro atoms. The number of anilines is 1. The van der Waals surface area contributed by atoms with Crippen molar-refractivity contribution in [3.05, 3.63) is 118 Å². The van der Waals surface area contributed by atoms with E-state index in [0.29, 0.717) is 28.3 Å². The van der Waals surface area contributed by atoms with Crippen LogP contribution in [0.4, 0.5) is 5.69 Å². The predicted octanol–water partition coefficient (Wildman–Crippen LogP) is 4.02. The number of nitrogens with zero attached hydrogens (tertiary/aromatic N) is 4. The van der Waals surface area contributed by atoms with Crippen LogP contribution in [-0.4, -0.2) is 26.2 Å². The minimum absolute atomic E-state index is 0.0417. The van der Waals surface area contributed by atoms with E-state index >= 15 is 0 Å². The summed E-state index contributed by atoms with van der Waals surface area (Å²) in [6, 6.07) is 25.3. The second-order valence-electron chi connectivity index (χ2n) is 7.94. The van der Waals surface area contributed by atoms with Gasteiger partial charge in [-0.2, -0.15) is 0 Å². The molecule has 2 heterocycles. The van der Waals surface area contributed by atoms with Crippen LogP contribution in [0.2, 0.25) is 0 Å². The summed E-state index contributed by atoms with van der Waals surface area (Å²) in [6.07, 6.45) is 1.54. The normalized spacial score (nSPS) is 14.6. The fourth-order valence-corrected chi connectivity index (χ4v) is 4.07. The van der Waals surface area contributed by atoms with Gasteiger partial charge in [-0.15, -0.1) is 0 Å². The fourth-order valence-electron chi connectivity index (χ4n) is 4.07. The van der Waals surface area contributed by atoms with Crippen LogP contribution in [0, 0.1) is 6.92 Å². The molecule has 0 saturated carbocycles. The van der Waals surface area contributed by atoms with E-state index in [1.165, 1.54) is 15.7 Å². The maximum absolute atomic E-state index is 13.7. The van der Waals surface area contributed by atoms with Gasteiger partial charge in [0.05, 0.1) is 11.4 Å². The van der Waals surface area contributed by atoms with Gasteiger partial charge in [-0.25, -0.2) is 9.67 Å². The smallest absolute Gasteiger partial charge is 0.296 e. The number of para-hydroxylation sites is 2. The number of amidine groups is 1. The summed E-state index contributed by atoms with van der Waals surface area (Å²) in [6.45, 7) is 1.80. The van der Waals surface area contributed by atoms with Crippen LogP contribution < -0.4 is 10.5 Å². The molecule has 1 amide bonds. The van der Waals surface area contributed by atoms with E-state index in [1.54, 1.807) is 42.9 Å². The Kier molecular flexibility index (Phi) is 5.22. The van der Waals surface area contributed by atoms with Crippen molar-refractivity contribution >= 4 is 23.5 Å². The standard InChI is InChI=1S/C27H22N4O3/c1-18-24(27(34)31(29(18)2)21-14-7-4-8-15-21)30-25(19-11-5-3-6-12-19)28-22(26(30)33)17-20-13-9-10-16-23(20)32/h3-17,32H,1-2H3/b22-17+. The monoisotopic (exact) mass is 450 g/mol. The molecule has 7 heteroatoms. The second-order valence-corrected chi connectivity index (χ2v) is 7.94. The third-order valence-corrected chi connectivity index (χ3v) is 5.87. The number of phenolic OH excluding ortho intramolecular Hbond substituents is 1. The van der Waals surface area contributed by atoms with Crippen LogP contribution in [0.15, 0.2) is 100 Å². The molecule has 1 aromatic heterocycles. The van der Waals surface area contributed by atoms with E-state index in [1.807, 2.05) is 60.7 Å². The Balaban J connectivity index is 1.71. The molecular formula is C27H22N4O3. The van der Waals surface area contributed by atoms with Gasteiger partial charge in [0, 0.05) is 18.2 Å². The maximum atomic E-state index is 13.7. The van der Waals surface area contributed by atoms with Gasteiger partial charge in [0.2, 0.25) is 0 Å². The lowest BCUT2D eigenvalue weighted by atomic mass is 10.1. The quantitative estimate of drug-likeness (QED) is 0.477. The number of hydrogen-bond acceptors (Lipinski definition) is 4. The Bertz CT molecular complexity index is 1510. The molecule has 4 aromatic rings. The van der Waals surface area contributed by atoms with Gasteiger partial charge in [-0.1, -0.05) is 66.7 Å². The molecule has 0 saturated heterocycles. The third kappa shape index (κ3) is 3.44. The molecule has 0 radical (unpaired) electrons. The van der Waals surface area contributed by atoms with Crippen LogP contribution in [0.25, 0.3) is 11.8 Å². The molecule has 1 aliphatic heterocycles. The molecule has 0 bridgehead atoms. The summed E-state index contributed by atoms with van der Waals surface area (Å²) >= 11 is 0. The molecular weight excluding hydrogens is 428 g/mol. The van der Waals surface area contributed by atoms with Crippen molar-refractivity contribution in [1.29, 1.82) is 0 Å². The number of aromatic nitrogens is 2. The van der Waals surface area contributed by atoms with E-state index in [-0.39, 0.29) is 22.7 Å². The number of hydrogen-bond donors (Lipinski definition) is 1.